The molecule has 1 aliphatic carbocycles. The number of alkyl halides is 6. The molecule has 0 radical (unpaired) electrons. The highest BCUT2D eigenvalue weighted by molar-refractivity contribution is 5.47. The Morgan fingerprint density at radius 1 is 0.921 bits per heavy atom. The highest BCUT2D eigenvalue weighted by Crippen LogP contribution is 2.50. The molecule has 2 aromatic carbocycles. The minimum Gasteiger partial charge on any atom is -0.493 e. The molecule has 4 nitrogen and oxygen atoms in total. The van der Waals surface area contributed by atoms with Crippen LogP contribution >= 0.6 is 0 Å². The van der Waals surface area contributed by atoms with E-state index in [2.05, 4.69) is 4.98 Å². The average Bonchev–Trinajstić information content (AvgIpc) is 3.40. The molecule has 1 aliphatic rings. The van der Waals surface area contributed by atoms with Crippen molar-refractivity contribution in [1.29, 1.82) is 0 Å². The first-order chi connectivity index (χ1) is 18.8. The Bertz CT molecular complexity index is 1290. The number of hydrogen-bond acceptors (Lipinski definition) is 4. The van der Waals surface area contributed by atoms with Crippen molar-refractivity contribution in [2.24, 2.45) is 0 Å². The van der Waals surface area contributed by atoms with Crippen LogP contribution in [0.2, 0.25) is 0 Å². The van der Waals surface area contributed by atoms with E-state index in [-0.39, 0.29) is 24.6 Å². The second-order valence-corrected chi connectivity index (χ2v) is 9.19. The third-order valence-corrected chi connectivity index (χ3v) is 6.77. The van der Waals surface area contributed by atoms with Gasteiger partial charge in [-0.1, -0.05) is 30.3 Å². The number of ether oxygens (including phenoxy) is 2. The van der Waals surface area contributed by atoms with Crippen LogP contribution < -0.4 is 9.47 Å². The molecule has 1 aromatic heterocycles. The zero-order valence-corrected chi connectivity index (χ0v) is 20.4. The van der Waals surface area contributed by atoms with E-state index in [0.717, 1.165) is 37.8 Å². The monoisotopic (exact) mass is 543 g/mol. The van der Waals surface area contributed by atoms with Gasteiger partial charge in [0.2, 0.25) is 0 Å². The van der Waals surface area contributed by atoms with Gasteiger partial charge in [0.05, 0.1) is 16.0 Å². The maximum absolute atomic E-state index is 13.4. The molecule has 0 spiro atoms. The van der Waals surface area contributed by atoms with Crippen molar-refractivity contribution >= 4 is 0 Å². The highest BCUT2D eigenvalue weighted by Gasteiger charge is 2.71. The lowest BCUT2D eigenvalue weighted by atomic mass is 9.84. The minimum absolute atomic E-state index is 0.0239. The van der Waals surface area contributed by atoms with Gasteiger partial charge in [0.15, 0.2) is 11.5 Å². The fraction of sp³-hybridized carbons (Fsp3) is 0.393. The highest BCUT2D eigenvalue weighted by atomic mass is 19.4. The summed E-state index contributed by atoms with van der Waals surface area (Å²) in [7, 11) is 1.48. The van der Waals surface area contributed by atoms with Crippen molar-refractivity contribution in [3.8, 4) is 11.5 Å². The van der Waals surface area contributed by atoms with Crippen LogP contribution in [-0.4, -0.2) is 35.7 Å². The number of halogens is 6. The number of rotatable bonds is 8. The number of aliphatic hydroxyl groups is 1. The molecule has 3 aromatic rings. The molecule has 0 amide bonds. The Hall–Kier alpha value is -3.27. The summed E-state index contributed by atoms with van der Waals surface area (Å²) in [6.45, 7) is 0. The molecule has 4 rings (SSSR count). The molecule has 204 valence electrons. The maximum Gasteiger partial charge on any atom is 0.430 e. The molecular weight excluding hydrogens is 512 g/mol. The summed E-state index contributed by atoms with van der Waals surface area (Å²) in [5, 5.41) is 9.80. The molecule has 0 bridgehead atoms. The van der Waals surface area contributed by atoms with Crippen LogP contribution in [0.25, 0.3) is 0 Å². The number of benzene rings is 2. The zero-order valence-electron chi connectivity index (χ0n) is 22.4. The van der Waals surface area contributed by atoms with Gasteiger partial charge < -0.3 is 14.6 Å². The van der Waals surface area contributed by atoms with Gasteiger partial charge in [-0.05, 0) is 73.0 Å². The largest absolute Gasteiger partial charge is 0.493 e. The van der Waals surface area contributed by atoms with Crippen LogP contribution in [0.3, 0.4) is 0 Å². The number of aromatic nitrogens is 1. The maximum atomic E-state index is 13.4. The van der Waals surface area contributed by atoms with E-state index >= 15 is 0 Å². The summed E-state index contributed by atoms with van der Waals surface area (Å²) < 4.78 is 109. The Kier molecular flexibility index (Phi) is 7.14. The Morgan fingerprint density at radius 3 is 2.05 bits per heavy atom. The van der Waals surface area contributed by atoms with Crippen LogP contribution in [0.4, 0.5) is 26.3 Å². The second kappa shape index (κ2) is 10.8. The third kappa shape index (κ3) is 5.60. The van der Waals surface area contributed by atoms with Gasteiger partial charge in [0.1, 0.15) is 0 Å². The molecule has 10 heteroatoms. The molecular formula is C28H27F6NO3. The molecule has 1 fully saturated rings. The van der Waals surface area contributed by atoms with E-state index in [1.807, 2.05) is 0 Å². The number of nitrogens with zero attached hydrogens (tertiary/aromatic N) is 1. The van der Waals surface area contributed by atoms with Gasteiger partial charge in [0, 0.05) is 23.9 Å². The first-order valence-corrected chi connectivity index (χ1v) is 12.0. The average molecular weight is 544 g/mol. The molecule has 1 saturated carbocycles. The quantitative estimate of drug-likeness (QED) is 0.308. The van der Waals surface area contributed by atoms with Crippen molar-refractivity contribution in [1.82, 2.24) is 4.98 Å². The topological polar surface area (TPSA) is 51.6 Å². The standard InChI is InChI=1S/C28H27F6NO3/c1-37-24-11-8-20(17-25(24)38-22-4-2-3-5-22)23(16-18-12-14-35-15-13-18)19-6-9-21(10-7-19)26(36,27(29,30)31)28(32,33)34/h6-15,17,22-23,36H,2-5,16H2,1H3/i12T,13T. The van der Waals surface area contributed by atoms with Crippen molar-refractivity contribution in [2.75, 3.05) is 7.11 Å². The van der Waals surface area contributed by atoms with Gasteiger partial charge in [0.25, 0.3) is 5.60 Å². The van der Waals surface area contributed by atoms with E-state index in [4.69, 9.17) is 12.2 Å². The summed E-state index contributed by atoms with van der Waals surface area (Å²) in [6, 6.07) is 8.33. The van der Waals surface area contributed by atoms with Crippen LogP contribution in [0, 0.1) is 0 Å². The molecule has 1 unspecified atom stereocenters. The van der Waals surface area contributed by atoms with Crippen molar-refractivity contribution in [2.45, 2.75) is 62.1 Å². The van der Waals surface area contributed by atoms with E-state index in [9.17, 15) is 31.4 Å². The molecule has 0 aliphatic heterocycles. The summed E-state index contributed by atoms with van der Waals surface area (Å²) in [5.74, 6) is 0.187. The van der Waals surface area contributed by atoms with Crippen LogP contribution in [0.5, 0.6) is 11.5 Å². The fourth-order valence-electron chi connectivity index (χ4n) is 4.69. The fourth-order valence-corrected chi connectivity index (χ4v) is 4.69. The first-order valence-electron chi connectivity index (χ1n) is 13.0. The normalized spacial score (nSPS) is 16.6. The Balaban J connectivity index is 1.80. The summed E-state index contributed by atoms with van der Waals surface area (Å²) in [5.41, 5.74) is -5.24. The SMILES string of the molecule is [3H]c1cncc([3H])c1CC(c1ccc(C(O)(C(F)(F)F)C(F)(F)F)cc1)c1ccc(OC)c(OC2CCCC2)c1. The van der Waals surface area contributed by atoms with Gasteiger partial charge in [-0.2, -0.15) is 26.3 Å². The summed E-state index contributed by atoms with van der Waals surface area (Å²) >= 11 is 0. The smallest absolute Gasteiger partial charge is 0.430 e. The number of methoxy groups -OCH3 is 1. The van der Waals surface area contributed by atoms with Gasteiger partial charge >= 0.3 is 12.4 Å². The Labute approximate surface area is 219 Å². The lowest BCUT2D eigenvalue weighted by Crippen LogP contribution is -2.53. The third-order valence-electron chi connectivity index (χ3n) is 6.77. The van der Waals surface area contributed by atoms with Crippen molar-refractivity contribution < 1.29 is 43.7 Å². The van der Waals surface area contributed by atoms with Crippen molar-refractivity contribution in [3.05, 3.63) is 89.2 Å². The predicted molar refractivity (Wildman–Crippen MR) is 128 cm³/mol. The number of pyridine rings is 1. The van der Waals surface area contributed by atoms with Crippen LogP contribution in [-0.2, 0) is 12.0 Å². The van der Waals surface area contributed by atoms with Gasteiger partial charge in [-0.15, -0.1) is 0 Å². The minimum atomic E-state index is -6.01. The molecule has 1 heterocycles. The molecule has 0 saturated heterocycles. The molecule has 38 heavy (non-hydrogen) atoms. The lowest BCUT2D eigenvalue weighted by molar-refractivity contribution is -0.376. The first kappa shape index (κ1) is 25.0. The summed E-state index contributed by atoms with van der Waals surface area (Å²) in [6.07, 6.45) is -5.75. The van der Waals surface area contributed by atoms with E-state index in [1.165, 1.54) is 19.5 Å². The van der Waals surface area contributed by atoms with E-state index in [0.29, 0.717) is 40.3 Å². The van der Waals surface area contributed by atoms with Crippen molar-refractivity contribution in [3.63, 3.8) is 0 Å². The van der Waals surface area contributed by atoms with Gasteiger partial charge in [-0.3, -0.25) is 4.98 Å². The van der Waals surface area contributed by atoms with E-state index in [1.54, 1.807) is 18.2 Å². The lowest BCUT2D eigenvalue weighted by Gasteiger charge is -2.33. The van der Waals surface area contributed by atoms with E-state index < -0.39 is 29.4 Å². The summed E-state index contributed by atoms with van der Waals surface area (Å²) in [4.78, 5) is 3.82. The van der Waals surface area contributed by atoms with Crippen LogP contribution in [0.1, 0.15) is 56.6 Å². The second-order valence-electron chi connectivity index (χ2n) is 9.19. The predicted octanol–water partition coefficient (Wildman–Crippen LogP) is 7.10. The van der Waals surface area contributed by atoms with Gasteiger partial charge in [-0.25, -0.2) is 0 Å². The number of hydrogen-bond donors (Lipinski definition) is 1. The Morgan fingerprint density at radius 2 is 1.50 bits per heavy atom. The molecule has 1 N–H and O–H groups in total. The van der Waals surface area contributed by atoms with Crippen LogP contribution in [0.15, 0.2) is 66.9 Å². The zero-order chi connectivity index (χ0) is 29.3. The molecule has 1 atom stereocenters.